The lowest BCUT2D eigenvalue weighted by atomic mass is 9.99. The first kappa shape index (κ1) is 15.9. The number of fused-ring (bicyclic) bond motifs is 1. The van der Waals surface area contributed by atoms with Gasteiger partial charge in [-0.1, -0.05) is 20.8 Å². The summed E-state index contributed by atoms with van der Waals surface area (Å²) in [4.78, 5) is 0. The van der Waals surface area contributed by atoms with E-state index in [9.17, 15) is 0 Å². The lowest BCUT2D eigenvalue weighted by molar-refractivity contribution is 0.340. The minimum absolute atomic E-state index is 0.603. The Morgan fingerprint density at radius 1 is 1.24 bits per heavy atom. The van der Waals surface area contributed by atoms with Crippen molar-refractivity contribution in [2.45, 2.75) is 47.1 Å². The molecule has 0 bridgehead atoms. The third-order valence-corrected chi connectivity index (χ3v) is 3.48. The smallest absolute Gasteiger partial charge is 0.134 e. The summed E-state index contributed by atoms with van der Waals surface area (Å²) >= 11 is 0. The SMILES string of the molecule is CCCNCc1oc2ccc(OCC)cc2c1CC(C)C. The Hall–Kier alpha value is -1.48. The Kier molecular flexibility index (Phi) is 5.68. The fourth-order valence-corrected chi connectivity index (χ4v) is 2.59. The van der Waals surface area contributed by atoms with E-state index in [0.717, 1.165) is 43.0 Å². The van der Waals surface area contributed by atoms with Gasteiger partial charge in [0.15, 0.2) is 0 Å². The highest BCUT2D eigenvalue weighted by molar-refractivity contribution is 5.83. The Bertz CT molecular complexity index is 572. The van der Waals surface area contributed by atoms with Gasteiger partial charge in [-0.15, -0.1) is 0 Å². The van der Waals surface area contributed by atoms with Crippen molar-refractivity contribution in [3.05, 3.63) is 29.5 Å². The lowest BCUT2D eigenvalue weighted by Gasteiger charge is -2.07. The second-order valence-corrected chi connectivity index (χ2v) is 5.87. The molecule has 21 heavy (non-hydrogen) atoms. The van der Waals surface area contributed by atoms with Crippen LogP contribution in [0.15, 0.2) is 22.6 Å². The molecule has 0 saturated heterocycles. The highest BCUT2D eigenvalue weighted by Gasteiger charge is 2.15. The molecule has 116 valence electrons. The Morgan fingerprint density at radius 3 is 2.71 bits per heavy atom. The second kappa shape index (κ2) is 7.51. The molecule has 0 fully saturated rings. The summed E-state index contributed by atoms with van der Waals surface area (Å²) in [6.45, 7) is 11.2. The number of furan rings is 1. The molecular weight excluding hydrogens is 262 g/mol. The van der Waals surface area contributed by atoms with Crippen LogP contribution in [0.2, 0.25) is 0 Å². The molecular formula is C18H27NO2. The third-order valence-electron chi connectivity index (χ3n) is 3.48. The van der Waals surface area contributed by atoms with Crippen molar-refractivity contribution in [2.24, 2.45) is 5.92 Å². The summed E-state index contributed by atoms with van der Waals surface area (Å²) in [6, 6.07) is 6.12. The summed E-state index contributed by atoms with van der Waals surface area (Å²) < 4.78 is 11.7. The first-order valence-electron chi connectivity index (χ1n) is 8.03. The zero-order chi connectivity index (χ0) is 15.2. The molecule has 0 aliphatic rings. The van der Waals surface area contributed by atoms with Gasteiger partial charge in [0.1, 0.15) is 17.1 Å². The molecule has 0 spiro atoms. The van der Waals surface area contributed by atoms with Crippen LogP contribution in [0, 0.1) is 5.92 Å². The van der Waals surface area contributed by atoms with E-state index < -0.39 is 0 Å². The summed E-state index contributed by atoms with van der Waals surface area (Å²) in [5.74, 6) is 2.59. The van der Waals surface area contributed by atoms with Gasteiger partial charge >= 0.3 is 0 Å². The molecule has 1 N–H and O–H groups in total. The first-order chi connectivity index (χ1) is 10.2. The molecule has 3 heteroatoms. The van der Waals surface area contributed by atoms with Crippen molar-refractivity contribution in [1.29, 1.82) is 0 Å². The van der Waals surface area contributed by atoms with E-state index >= 15 is 0 Å². The number of nitrogens with one attached hydrogen (secondary N) is 1. The van der Waals surface area contributed by atoms with Crippen molar-refractivity contribution in [1.82, 2.24) is 5.32 Å². The molecule has 0 saturated carbocycles. The normalized spacial score (nSPS) is 11.5. The summed E-state index contributed by atoms with van der Waals surface area (Å²) in [5, 5.41) is 4.64. The van der Waals surface area contributed by atoms with Gasteiger partial charge in [0.2, 0.25) is 0 Å². The zero-order valence-electron chi connectivity index (χ0n) is 13.7. The van der Waals surface area contributed by atoms with Crippen LogP contribution in [0.3, 0.4) is 0 Å². The van der Waals surface area contributed by atoms with Crippen molar-refractivity contribution < 1.29 is 9.15 Å². The van der Waals surface area contributed by atoms with Crippen molar-refractivity contribution in [2.75, 3.05) is 13.2 Å². The summed E-state index contributed by atoms with van der Waals surface area (Å²) in [7, 11) is 0. The fraction of sp³-hybridized carbons (Fsp3) is 0.556. The van der Waals surface area contributed by atoms with E-state index in [4.69, 9.17) is 9.15 Å². The van der Waals surface area contributed by atoms with Gasteiger partial charge in [-0.25, -0.2) is 0 Å². The largest absolute Gasteiger partial charge is 0.494 e. The number of hydrogen-bond donors (Lipinski definition) is 1. The second-order valence-electron chi connectivity index (χ2n) is 5.87. The first-order valence-corrected chi connectivity index (χ1v) is 8.03. The van der Waals surface area contributed by atoms with Gasteiger partial charge < -0.3 is 14.5 Å². The molecule has 0 atom stereocenters. The van der Waals surface area contributed by atoms with Crippen molar-refractivity contribution in [3.8, 4) is 5.75 Å². The van der Waals surface area contributed by atoms with E-state index in [0.29, 0.717) is 12.5 Å². The van der Waals surface area contributed by atoms with Crippen LogP contribution in [0.5, 0.6) is 5.75 Å². The third kappa shape index (κ3) is 4.01. The maximum atomic E-state index is 6.06. The molecule has 1 aromatic carbocycles. The van der Waals surface area contributed by atoms with E-state index in [-0.39, 0.29) is 0 Å². The van der Waals surface area contributed by atoms with Gasteiger partial charge in [0, 0.05) is 10.9 Å². The van der Waals surface area contributed by atoms with Crippen molar-refractivity contribution >= 4 is 11.0 Å². The standard InChI is InChI=1S/C18H27NO2/c1-5-9-19-12-18-15(10-13(3)4)16-11-14(20-6-2)7-8-17(16)21-18/h7-8,11,13,19H,5-6,9-10,12H2,1-4H3. The minimum Gasteiger partial charge on any atom is -0.494 e. The van der Waals surface area contributed by atoms with E-state index in [1.54, 1.807) is 0 Å². The lowest BCUT2D eigenvalue weighted by Crippen LogP contribution is -2.14. The highest BCUT2D eigenvalue weighted by Crippen LogP contribution is 2.31. The Labute approximate surface area is 127 Å². The molecule has 3 nitrogen and oxygen atoms in total. The average Bonchev–Trinajstić information content (AvgIpc) is 2.77. The van der Waals surface area contributed by atoms with Crippen LogP contribution >= 0.6 is 0 Å². The van der Waals surface area contributed by atoms with E-state index in [1.165, 1.54) is 10.9 Å². The topological polar surface area (TPSA) is 34.4 Å². The van der Waals surface area contributed by atoms with Crippen LogP contribution in [0.25, 0.3) is 11.0 Å². The minimum atomic E-state index is 0.603. The van der Waals surface area contributed by atoms with Gasteiger partial charge in [0.25, 0.3) is 0 Å². The van der Waals surface area contributed by atoms with Gasteiger partial charge in [0.05, 0.1) is 13.2 Å². The molecule has 0 unspecified atom stereocenters. The quantitative estimate of drug-likeness (QED) is 0.725. The maximum absolute atomic E-state index is 6.06. The zero-order valence-corrected chi connectivity index (χ0v) is 13.7. The molecule has 0 radical (unpaired) electrons. The molecule has 2 rings (SSSR count). The fourth-order valence-electron chi connectivity index (χ4n) is 2.59. The van der Waals surface area contributed by atoms with Gasteiger partial charge in [-0.05, 0) is 50.4 Å². The van der Waals surface area contributed by atoms with Crippen LogP contribution < -0.4 is 10.1 Å². The maximum Gasteiger partial charge on any atom is 0.134 e. The summed E-state index contributed by atoms with van der Waals surface area (Å²) in [5.41, 5.74) is 2.28. The van der Waals surface area contributed by atoms with E-state index in [2.05, 4.69) is 32.2 Å². The molecule has 0 aliphatic heterocycles. The van der Waals surface area contributed by atoms with Crippen LogP contribution in [-0.4, -0.2) is 13.2 Å². The Morgan fingerprint density at radius 2 is 2.05 bits per heavy atom. The average molecular weight is 289 g/mol. The molecule has 0 amide bonds. The predicted molar refractivity (Wildman–Crippen MR) is 87.9 cm³/mol. The molecule has 1 aromatic heterocycles. The highest BCUT2D eigenvalue weighted by atomic mass is 16.5. The number of ether oxygens (including phenoxy) is 1. The van der Waals surface area contributed by atoms with Crippen LogP contribution in [-0.2, 0) is 13.0 Å². The number of hydrogen-bond acceptors (Lipinski definition) is 3. The molecule has 1 heterocycles. The van der Waals surface area contributed by atoms with Crippen molar-refractivity contribution in [3.63, 3.8) is 0 Å². The number of rotatable bonds is 8. The monoisotopic (exact) mass is 289 g/mol. The van der Waals surface area contributed by atoms with Gasteiger partial charge in [-0.3, -0.25) is 0 Å². The van der Waals surface area contributed by atoms with Crippen LogP contribution in [0.4, 0.5) is 0 Å². The van der Waals surface area contributed by atoms with Gasteiger partial charge in [-0.2, -0.15) is 0 Å². The predicted octanol–water partition coefficient (Wildman–Crippen LogP) is 4.53. The summed E-state index contributed by atoms with van der Waals surface area (Å²) in [6.07, 6.45) is 2.17. The molecule has 2 aromatic rings. The number of benzene rings is 1. The van der Waals surface area contributed by atoms with Crippen LogP contribution in [0.1, 0.15) is 45.4 Å². The van der Waals surface area contributed by atoms with E-state index in [1.807, 2.05) is 19.1 Å². The Balaban J connectivity index is 2.36. The molecule has 0 aliphatic carbocycles.